The van der Waals surface area contributed by atoms with Crippen LogP contribution in [0.15, 0.2) is 59.1 Å². The first-order valence-electron chi connectivity index (χ1n) is 9.63. The summed E-state index contributed by atoms with van der Waals surface area (Å²) in [5.74, 6) is 0.967. The fourth-order valence-electron chi connectivity index (χ4n) is 2.64. The summed E-state index contributed by atoms with van der Waals surface area (Å²) in [6.07, 6.45) is 2.36. The van der Waals surface area contributed by atoms with E-state index in [2.05, 4.69) is 15.6 Å². The number of aromatic nitrogens is 1. The molecule has 0 spiro atoms. The van der Waals surface area contributed by atoms with Gasteiger partial charge in [-0.05, 0) is 31.2 Å². The second-order valence-electron chi connectivity index (χ2n) is 7.25. The Morgan fingerprint density at radius 3 is 2.21 bits per heavy atom. The van der Waals surface area contributed by atoms with Gasteiger partial charge in [0.25, 0.3) is 0 Å². The van der Waals surface area contributed by atoms with Crippen molar-refractivity contribution in [1.29, 1.82) is 0 Å². The highest BCUT2D eigenvalue weighted by atomic mass is 16.4. The van der Waals surface area contributed by atoms with E-state index in [0.717, 1.165) is 5.56 Å². The summed E-state index contributed by atoms with van der Waals surface area (Å²) in [4.78, 5) is 28.2. The molecule has 150 valence electrons. The average Bonchev–Trinajstić information content (AvgIpc) is 3.17. The standard InChI is InChI=1S/C23H25N3O3/c1-15(2)23(28)26-19-10-8-18(9-11-19)25-21(27)12-13-22-24-14-20(29-22)17-6-4-16(3)5-7-17/h4-11,14-15H,12-13H2,1-3H3,(H,25,27)(H,26,28). The van der Waals surface area contributed by atoms with Crippen molar-refractivity contribution in [3.63, 3.8) is 0 Å². The Morgan fingerprint density at radius 1 is 0.966 bits per heavy atom. The largest absolute Gasteiger partial charge is 0.441 e. The first-order chi connectivity index (χ1) is 13.9. The number of aryl methyl sites for hydroxylation is 2. The summed E-state index contributed by atoms with van der Waals surface area (Å²) in [5.41, 5.74) is 3.51. The number of amides is 2. The predicted molar refractivity (Wildman–Crippen MR) is 114 cm³/mol. The van der Waals surface area contributed by atoms with Gasteiger partial charge in [-0.25, -0.2) is 4.98 Å². The Bertz CT molecular complexity index is 973. The molecule has 0 saturated carbocycles. The number of carbonyl (C=O) groups is 2. The minimum absolute atomic E-state index is 0.0438. The molecule has 0 bridgehead atoms. The summed E-state index contributed by atoms with van der Waals surface area (Å²) >= 11 is 0. The van der Waals surface area contributed by atoms with E-state index in [9.17, 15) is 9.59 Å². The zero-order chi connectivity index (χ0) is 20.8. The van der Waals surface area contributed by atoms with Crippen molar-refractivity contribution in [2.45, 2.75) is 33.6 Å². The van der Waals surface area contributed by atoms with Crippen LogP contribution in [-0.2, 0) is 16.0 Å². The Morgan fingerprint density at radius 2 is 1.59 bits per heavy atom. The number of hydrogen-bond donors (Lipinski definition) is 2. The van der Waals surface area contributed by atoms with Gasteiger partial charge in [-0.15, -0.1) is 0 Å². The van der Waals surface area contributed by atoms with Crippen LogP contribution in [0.5, 0.6) is 0 Å². The summed E-state index contributed by atoms with van der Waals surface area (Å²) in [6.45, 7) is 5.70. The van der Waals surface area contributed by atoms with E-state index in [-0.39, 0.29) is 24.2 Å². The zero-order valence-electron chi connectivity index (χ0n) is 16.9. The van der Waals surface area contributed by atoms with Gasteiger partial charge in [0.05, 0.1) is 6.20 Å². The monoisotopic (exact) mass is 391 g/mol. The summed E-state index contributed by atoms with van der Waals surface area (Å²) in [7, 11) is 0. The van der Waals surface area contributed by atoms with Gasteiger partial charge in [0.15, 0.2) is 11.7 Å². The third kappa shape index (κ3) is 5.78. The van der Waals surface area contributed by atoms with Gasteiger partial charge in [0.1, 0.15) is 0 Å². The van der Waals surface area contributed by atoms with E-state index in [1.807, 2.05) is 45.0 Å². The fraction of sp³-hybridized carbons (Fsp3) is 0.261. The van der Waals surface area contributed by atoms with Crippen LogP contribution in [0.1, 0.15) is 31.7 Å². The lowest BCUT2D eigenvalue weighted by molar-refractivity contribution is -0.119. The van der Waals surface area contributed by atoms with Gasteiger partial charge in [-0.2, -0.15) is 0 Å². The number of oxazole rings is 1. The first-order valence-corrected chi connectivity index (χ1v) is 9.63. The number of anilines is 2. The quantitative estimate of drug-likeness (QED) is 0.605. The van der Waals surface area contributed by atoms with Crippen LogP contribution in [0, 0.1) is 12.8 Å². The van der Waals surface area contributed by atoms with Crippen LogP contribution in [-0.4, -0.2) is 16.8 Å². The minimum Gasteiger partial charge on any atom is -0.441 e. The third-order valence-electron chi connectivity index (χ3n) is 4.42. The van der Waals surface area contributed by atoms with Crippen molar-refractivity contribution >= 4 is 23.2 Å². The zero-order valence-corrected chi connectivity index (χ0v) is 16.9. The maximum Gasteiger partial charge on any atom is 0.226 e. The van der Waals surface area contributed by atoms with Gasteiger partial charge >= 0.3 is 0 Å². The Labute approximate surface area is 170 Å². The van der Waals surface area contributed by atoms with Crippen LogP contribution in [0.2, 0.25) is 0 Å². The Hall–Kier alpha value is -3.41. The van der Waals surface area contributed by atoms with Crippen molar-refractivity contribution in [3.05, 3.63) is 66.2 Å². The number of hydrogen-bond acceptors (Lipinski definition) is 4. The molecule has 2 N–H and O–H groups in total. The van der Waals surface area contributed by atoms with E-state index >= 15 is 0 Å². The molecule has 6 nitrogen and oxygen atoms in total. The van der Waals surface area contributed by atoms with E-state index < -0.39 is 0 Å². The average molecular weight is 391 g/mol. The molecule has 0 unspecified atom stereocenters. The number of nitrogens with zero attached hydrogens (tertiary/aromatic N) is 1. The topological polar surface area (TPSA) is 84.2 Å². The smallest absolute Gasteiger partial charge is 0.226 e. The maximum absolute atomic E-state index is 12.2. The maximum atomic E-state index is 12.2. The van der Waals surface area contributed by atoms with Crippen molar-refractivity contribution in [2.75, 3.05) is 10.6 Å². The molecule has 0 fully saturated rings. The highest BCUT2D eigenvalue weighted by molar-refractivity contribution is 5.93. The van der Waals surface area contributed by atoms with E-state index in [1.54, 1.807) is 30.5 Å². The van der Waals surface area contributed by atoms with Gasteiger partial charge < -0.3 is 15.1 Å². The van der Waals surface area contributed by atoms with Crippen LogP contribution >= 0.6 is 0 Å². The highest BCUT2D eigenvalue weighted by Crippen LogP contribution is 2.21. The van der Waals surface area contributed by atoms with E-state index in [4.69, 9.17) is 4.42 Å². The van der Waals surface area contributed by atoms with Crippen LogP contribution in [0.25, 0.3) is 11.3 Å². The number of benzene rings is 2. The molecule has 0 aliphatic heterocycles. The van der Waals surface area contributed by atoms with E-state index in [0.29, 0.717) is 29.4 Å². The third-order valence-corrected chi connectivity index (χ3v) is 4.42. The predicted octanol–water partition coefficient (Wildman–Crippen LogP) is 4.82. The molecular weight excluding hydrogens is 366 g/mol. The Balaban J connectivity index is 1.50. The van der Waals surface area contributed by atoms with Gasteiger partial charge in [0.2, 0.25) is 11.8 Å². The van der Waals surface area contributed by atoms with Crippen molar-refractivity contribution in [2.24, 2.45) is 5.92 Å². The molecule has 1 heterocycles. The van der Waals surface area contributed by atoms with E-state index in [1.165, 1.54) is 5.56 Å². The number of rotatable bonds is 7. The van der Waals surface area contributed by atoms with Gasteiger partial charge in [0, 0.05) is 35.7 Å². The molecule has 29 heavy (non-hydrogen) atoms. The molecule has 3 aromatic rings. The lowest BCUT2D eigenvalue weighted by Gasteiger charge is -2.09. The van der Waals surface area contributed by atoms with Crippen molar-refractivity contribution < 1.29 is 14.0 Å². The summed E-state index contributed by atoms with van der Waals surface area (Å²) in [6, 6.07) is 15.0. The number of carbonyl (C=O) groups excluding carboxylic acids is 2. The second-order valence-corrected chi connectivity index (χ2v) is 7.25. The van der Waals surface area contributed by atoms with Crippen LogP contribution in [0.3, 0.4) is 0 Å². The molecular formula is C23H25N3O3. The summed E-state index contributed by atoms with van der Waals surface area (Å²) in [5, 5.41) is 5.65. The lowest BCUT2D eigenvalue weighted by atomic mass is 10.1. The molecule has 0 atom stereocenters. The number of nitrogens with one attached hydrogen (secondary N) is 2. The molecule has 2 aromatic carbocycles. The molecule has 1 aromatic heterocycles. The van der Waals surface area contributed by atoms with Crippen molar-refractivity contribution in [3.8, 4) is 11.3 Å². The molecule has 3 rings (SSSR count). The molecule has 6 heteroatoms. The van der Waals surface area contributed by atoms with Gasteiger partial charge in [-0.1, -0.05) is 43.7 Å². The minimum atomic E-state index is -0.126. The molecule has 0 saturated heterocycles. The fourth-order valence-corrected chi connectivity index (χ4v) is 2.64. The van der Waals surface area contributed by atoms with Crippen LogP contribution in [0.4, 0.5) is 11.4 Å². The normalized spacial score (nSPS) is 10.8. The molecule has 0 aliphatic rings. The molecule has 2 amide bonds. The lowest BCUT2D eigenvalue weighted by Crippen LogP contribution is -2.17. The van der Waals surface area contributed by atoms with Gasteiger partial charge in [-0.3, -0.25) is 9.59 Å². The first kappa shape index (κ1) is 20.3. The van der Waals surface area contributed by atoms with Crippen LogP contribution < -0.4 is 10.6 Å². The van der Waals surface area contributed by atoms with Crippen molar-refractivity contribution in [1.82, 2.24) is 4.98 Å². The Kier molecular flexibility index (Phi) is 6.44. The summed E-state index contributed by atoms with van der Waals surface area (Å²) < 4.78 is 5.75. The molecule has 0 aliphatic carbocycles. The highest BCUT2D eigenvalue weighted by Gasteiger charge is 2.10. The second kappa shape index (κ2) is 9.19. The SMILES string of the molecule is Cc1ccc(-c2cnc(CCC(=O)Nc3ccc(NC(=O)C(C)C)cc3)o2)cc1. The molecule has 0 radical (unpaired) electrons.